The quantitative estimate of drug-likeness (QED) is 0.553. The number of hydrogen-bond acceptors (Lipinski definition) is 3. The number of piperidine rings is 1. The lowest BCUT2D eigenvalue weighted by molar-refractivity contribution is 0.176. The van der Waals surface area contributed by atoms with Crippen LogP contribution in [0.5, 0.6) is 5.75 Å². The van der Waals surface area contributed by atoms with Gasteiger partial charge in [-0.05, 0) is 54.6 Å². The molecule has 28 heavy (non-hydrogen) atoms. The summed E-state index contributed by atoms with van der Waals surface area (Å²) >= 11 is 6.16. The first-order valence-corrected chi connectivity index (χ1v) is 10.1. The lowest BCUT2D eigenvalue weighted by Gasteiger charge is -2.31. The fourth-order valence-electron chi connectivity index (χ4n) is 3.64. The molecular formula is C22H29ClN4O. The lowest BCUT2D eigenvalue weighted by atomic mass is 9.99. The van der Waals surface area contributed by atoms with Gasteiger partial charge >= 0.3 is 0 Å². The molecule has 0 spiro atoms. The molecule has 0 bridgehead atoms. The van der Waals surface area contributed by atoms with E-state index in [2.05, 4.69) is 46.4 Å². The molecule has 1 unspecified atom stereocenters. The minimum atomic E-state index is 0.364. The third-order valence-corrected chi connectivity index (χ3v) is 5.39. The van der Waals surface area contributed by atoms with Crippen LogP contribution in [0.4, 0.5) is 5.69 Å². The molecule has 150 valence electrons. The number of benzene rings is 2. The Morgan fingerprint density at radius 2 is 2.07 bits per heavy atom. The summed E-state index contributed by atoms with van der Waals surface area (Å²) in [6.45, 7) is 6.18. The molecule has 3 N–H and O–H groups in total. The van der Waals surface area contributed by atoms with Crippen LogP contribution in [0.25, 0.3) is 0 Å². The van der Waals surface area contributed by atoms with Gasteiger partial charge in [0.05, 0.1) is 18.7 Å². The number of ether oxygens (including phenoxy) is 1. The second-order valence-electron chi connectivity index (χ2n) is 7.43. The van der Waals surface area contributed by atoms with Gasteiger partial charge in [-0.1, -0.05) is 42.8 Å². The van der Waals surface area contributed by atoms with E-state index in [0.29, 0.717) is 23.3 Å². The average molecular weight is 401 g/mol. The molecule has 5 nitrogen and oxygen atoms in total. The first-order chi connectivity index (χ1) is 13.5. The summed E-state index contributed by atoms with van der Waals surface area (Å²) in [5.74, 6) is 1.77. The van der Waals surface area contributed by atoms with E-state index in [1.807, 2.05) is 6.07 Å². The summed E-state index contributed by atoms with van der Waals surface area (Å²) in [7, 11) is 1.59. The molecule has 1 heterocycles. The molecule has 1 saturated heterocycles. The van der Waals surface area contributed by atoms with Gasteiger partial charge in [-0.25, -0.2) is 4.99 Å². The number of aliphatic imine (C=N–C) groups is 1. The zero-order chi connectivity index (χ0) is 19.9. The second kappa shape index (κ2) is 9.80. The maximum atomic E-state index is 6.16. The Morgan fingerprint density at radius 1 is 1.29 bits per heavy atom. The SMILES string of the molecule is COc1ccc(NC(N)=NCc2ccccc2CN2CCCC(C)C2)cc1Cl. The monoisotopic (exact) mass is 400 g/mol. The number of methoxy groups -OCH3 is 1. The van der Waals surface area contributed by atoms with Crippen LogP contribution in [0.3, 0.4) is 0 Å². The average Bonchev–Trinajstić information content (AvgIpc) is 2.67. The fraction of sp³-hybridized carbons (Fsp3) is 0.409. The van der Waals surface area contributed by atoms with Crippen molar-refractivity contribution in [1.29, 1.82) is 0 Å². The third-order valence-electron chi connectivity index (χ3n) is 5.10. The number of rotatable bonds is 6. The Morgan fingerprint density at radius 3 is 2.79 bits per heavy atom. The normalized spacial score (nSPS) is 18.1. The van der Waals surface area contributed by atoms with Crippen molar-refractivity contribution < 1.29 is 4.74 Å². The number of halogens is 1. The number of guanidine groups is 1. The van der Waals surface area contributed by atoms with Crippen LogP contribution in [0.1, 0.15) is 30.9 Å². The van der Waals surface area contributed by atoms with Crippen molar-refractivity contribution in [3.05, 3.63) is 58.6 Å². The summed E-state index contributed by atoms with van der Waals surface area (Å²) < 4.78 is 5.17. The van der Waals surface area contributed by atoms with Crippen LogP contribution >= 0.6 is 11.6 Å². The van der Waals surface area contributed by atoms with E-state index in [1.165, 1.54) is 37.1 Å². The summed E-state index contributed by atoms with van der Waals surface area (Å²) in [5, 5.41) is 3.62. The zero-order valence-electron chi connectivity index (χ0n) is 16.6. The molecule has 0 aromatic heterocycles. The predicted octanol–water partition coefficient (Wildman–Crippen LogP) is 4.51. The molecule has 0 radical (unpaired) electrons. The van der Waals surface area contributed by atoms with Gasteiger partial charge in [-0.15, -0.1) is 0 Å². The highest BCUT2D eigenvalue weighted by atomic mass is 35.5. The number of nitrogens with one attached hydrogen (secondary N) is 1. The summed E-state index contributed by atoms with van der Waals surface area (Å²) in [6.07, 6.45) is 2.61. The van der Waals surface area contributed by atoms with Crippen molar-refractivity contribution in [3.8, 4) is 5.75 Å². The standard InChI is InChI=1S/C22H29ClN4O/c1-16-6-5-11-27(14-16)15-18-8-4-3-7-17(18)13-25-22(24)26-19-9-10-21(28-2)20(23)12-19/h3-4,7-10,12,16H,5-6,11,13-15H2,1-2H3,(H3,24,25,26). The minimum Gasteiger partial charge on any atom is -0.495 e. The Kier molecular flexibility index (Phi) is 7.18. The highest BCUT2D eigenvalue weighted by Gasteiger charge is 2.17. The molecule has 0 aliphatic carbocycles. The fourth-order valence-corrected chi connectivity index (χ4v) is 3.90. The van der Waals surface area contributed by atoms with Gasteiger partial charge in [0, 0.05) is 18.8 Å². The molecule has 3 rings (SSSR count). The minimum absolute atomic E-state index is 0.364. The first kappa shape index (κ1) is 20.5. The van der Waals surface area contributed by atoms with Crippen LogP contribution in [0.2, 0.25) is 5.02 Å². The Hall–Kier alpha value is -2.24. The Labute approximate surface area is 172 Å². The third kappa shape index (κ3) is 5.63. The van der Waals surface area contributed by atoms with Crippen molar-refractivity contribution in [3.63, 3.8) is 0 Å². The van der Waals surface area contributed by atoms with E-state index in [0.717, 1.165) is 18.2 Å². The number of anilines is 1. The van der Waals surface area contributed by atoms with Crippen molar-refractivity contribution in [1.82, 2.24) is 4.90 Å². The summed E-state index contributed by atoms with van der Waals surface area (Å²) in [5.41, 5.74) is 9.39. The maximum absolute atomic E-state index is 6.16. The van der Waals surface area contributed by atoms with Crippen molar-refractivity contribution in [2.75, 3.05) is 25.5 Å². The van der Waals surface area contributed by atoms with Crippen LogP contribution in [-0.2, 0) is 13.1 Å². The number of nitrogens with zero attached hydrogens (tertiary/aromatic N) is 2. The molecule has 1 aliphatic rings. The van der Waals surface area contributed by atoms with E-state index in [9.17, 15) is 0 Å². The van der Waals surface area contributed by atoms with Crippen LogP contribution in [0, 0.1) is 5.92 Å². The van der Waals surface area contributed by atoms with Gasteiger partial charge in [-0.2, -0.15) is 0 Å². The smallest absolute Gasteiger partial charge is 0.193 e. The lowest BCUT2D eigenvalue weighted by Crippen LogP contribution is -2.34. The molecule has 0 saturated carbocycles. The van der Waals surface area contributed by atoms with E-state index in [-0.39, 0.29) is 0 Å². The highest BCUT2D eigenvalue weighted by Crippen LogP contribution is 2.27. The van der Waals surface area contributed by atoms with Gasteiger partial charge in [-0.3, -0.25) is 4.90 Å². The second-order valence-corrected chi connectivity index (χ2v) is 7.83. The van der Waals surface area contributed by atoms with Crippen molar-refractivity contribution in [2.45, 2.75) is 32.9 Å². The van der Waals surface area contributed by atoms with Gasteiger partial charge in [0.25, 0.3) is 0 Å². The highest BCUT2D eigenvalue weighted by molar-refractivity contribution is 6.32. The van der Waals surface area contributed by atoms with Gasteiger partial charge < -0.3 is 15.8 Å². The zero-order valence-corrected chi connectivity index (χ0v) is 17.4. The van der Waals surface area contributed by atoms with Gasteiger partial charge in [0.2, 0.25) is 0 Å². The summed E-state index contributed by atoms with van der Waals surface area (Å²) in [6, 6.07) is 13.9. The van der Waals surface area contributed by atoms with Crippen molar-refractivity contribution in [2.24, 2.45) is 16.6 Å². The van der Waals surface area contributed by atoms with E-state index >= 15 is 0 Å². The van der Waals surface area contributed by atoms with Crippen LogP contribution in [-0.4, -0.2) is 31.1 Å². The van der Waals surface area contributed by atoms with E-state index < -0.39 is 0 Å². The first-order valence-electron chi connectivity index (χ1n) is 9.74. The number of nitrogens with two attached hydrogens (primary N) is 1. The Balaban J connectivity index is 1.64. The molecule has 1 aliphatic heterocycles. The van der Waals surface area contributed by atoms with E-state index in [4.69, 9.17) is 22.1 Å². The molecule has 2 aromatic rings. The van der Waals surface area contributed by atoms with Gasteiger partial charge in [0.1, 0.15) is 5.75 Å². The molecule has 1 fully saturated rings. The van der Waals surface area contributed by atoms with Crippen molar-refractivity contribution >= 4 is 23.2 Å². The largest absolute Gasteiger partial charge is 0.495 e. The number of hydrogen-bond donors (Lipinski definition) is 2. The number of likely N-dealkylation sites (tertiary alicyclic amines) is 1. The molecule has 2 aromatic carbocycles. The molecule has 1 atom stereocenters. The predicted molar refractivity (Wildman–Crippen MR) is 117 cm³/mol. The maximum Gasteiger partial charge on any atom is 0.193 e. The van der Waals surface area contributed by atoms with Gasteiger partial charge in [0.15, 0.2) is 5.96 Å². The van der Waals surface area contributed by atoms with Crippen LogP contribution < -0.4 is 15.8 Å². The Bertz CT molecular complexity index is 824. The molecule has 6 heteroatoms. The topological polar surface area (TPSA) is 62.9 Å². The molecular weight excluding hydrogens is 372 g/mol. The summed E-state index contributed by atoms with van der Waals surface area (Å²) in [4.78, 5) is 7.06. The molecule has 0 amide bonds. The van der Waals surface area contributed by atoms with Crippen LogP contribution in [0.15, 0.2) is 47.5 Å². The van der Waals surface area contributed by atoms with E-state index in [1.54, 1.807) is 19.2 Å².